The average Bonchev–Trinajstić information content (AvgIpc) is 3.82. The summed E-state index contributed by atoms with van der Waals surface area (Å²) in [6.07, 6.45) is 1.62. The number of halogens is 1. The SMILES string of the molecule is COc1ccc2c3c1O[C@@H]1[C@]34CCN(C)[C@H](C2)[C@@]42c3c(O)ccc(O)c3[C@]1(OC)C1C3C(C12)[C@]12c4c(O)ccc(O)c4[C@]3(OC)[C@@H]3Oc4c(OC)ccc5c4[C@@]31CCN(C)[C@@H]2C5.Cl. The van der Waals surface area contributed by atoms with Crippen molar-refractivity contribution in [1.82, 2.24) is 9.80 Å². The summed E-state index contributed by atoms with van der Waals surface area (Å²) in [6.45, 7) is 1.60. The minimum Gasteiger partial charge on any atom is -0.508 e. The van der Waals surface area contributed by atoms with E-state index in [1.807, 2.05) is 12.1 Å². The van der Waals surface area contributed by atoms with Gasteiger partial charge in [0, 0.05) is 82.3 Å². The number of likely N-dealkylation sites (tertiary alicyclic amines) is 2. The number of rotatable bonds is 4. The van der Waals surface area contributed by atoms with Gasteiger partial charge in [0.25, 0.3) is 0 Å². The van der Waals surface area contributed by atoms with Gasteiger partial charge in [0.2, 0.25) is 0 Å². The lowest BCUT2D eigenvalue weighted by molar-refractivity contribution is -0.402. The predicted octanol–water partition coefficient (Wildman–Crippen LogP) is 5.26. The lowest BCUT2D eigenvalue weighted by Crippen LogP contribution is -2.96. The van der Waals surface area contributed by atoms with Crippen LogP contribution in [0.15, 0.2) is 48.5 Å². The maximum Gasteiger partial charge on any atom is 0.166 e. The third-order valence-corrected chi connectivity index (χ3v) is 20.2. The summed E-state index contributed by atoms with van der Waals surface area (Å²) in [5.74, 6) is 2.04. The van der Waals surface area contributed by atoms with Gasteiger partial charge in [-0.25, -0.2) is 0 Å². The zero-order valence-corrected chi connectivity index (χ0v) is 36.8. The van der Waals surface area contributed by atoms with Crippen LogP contribution < -0.4 is 18.9 Å². The van der Waals surface area contributed by atoms with E-state index < -0.39 is 45.1 Å². The molecule has 4 N–H and O–H groups in total. The van der Waals surface area contributed by atoms with E-state index in [0.717, 1.165) is 59.7 Å². The summed E-state index contributed by atoms with van der Waals surface area (Å²) < 4.78 is 42.0. The van der Waals surface area contributed by atoms with Crippen LogP contribution in [0.5, 0.6) is 46.0 Å². The predicted molar refractivity (Wildman–Crippen MR) is 229 cm³/mol. The number of hydrogen-bond acceptors (Lipinski definition) is 12. The monoisotopic (exact) mass is 874 g/mol. The highest BCUT2D eigenvalue weighted by atomic mass is 35.5. The van der Waals surface area contributed by atoms with Crippen LogP contribution in [0.2, 0.25) is 0 Å². The van der Waals surface area contributed by atoms with Crippen molar-refractivity contribution < 1.29 is 48.8 Å². The Morgan fingerprint density at radius 3 is 1.27 bits per heavy atom. The third-order valence-electron chi connectivity index (χ3n) is 20.2. The van der Waals surface area contributed by atoms with Crippen molar-refractivity contribution in [3.8, 4) is 46.0 Å². The lowest BCUT2D eigenvalue weighted by atomic mass is 9.16. The van der Waals surface area contributed by atoms with Crippen LogP contribution in [-0.2, 0) is 55.2 Å². The second-order valence-electron chi connectivity index (χ2n) is 20.6. The van der Waals surface area contributed by atoms with Crippen molar-refractivity contribution in [2.75, 3.05) is 55.6 Å². The summed E-state index contributed by atoms with van der Waals surface area (Å²) in [7, 11) is 11.3. The molecule has 4 aliphatic heterocycles. The van der Waals surface area contributed by atoms with E-state index in [9.17, 15) is 20.4 Å². The Labute approximate surface area is 371 Å². The Hall–Kier alpha value is -4.59. The van der Waals surface area contributed by atoms with Gasteiger partial charge in [0.15, 0.2) is 23.0 Å². The zero-order chi connectivity index (χ0) is 42.2. The summed E-state index contributed by atoms with van der Waals surface area (Å²) in [5.41, 5.74) is 1.67. The second kappa shape index (κ2) is 10.9. The number of aromatic hydroxyl groups is 4. The molecule has 13 aliphatic rings. The van der Waals surface area contributed by atoms with Crippen molar-refractivity contribution >= 4 is 12.4 Å². The van der Waals surface area contributed by atoms with Crippen LogP contribution in [0.25, 0.3) is 0 Å². The molecule has 13 heteroatoms. The van der Waals surface area contributed by atoms with Gasteiger partial charge >= 0.3 is 0 Å². The number of likely N-dealkylation sites (N-methyl/N-ethyl adjacent to an activating group) is 2. The molecule has 4 heterocycles. The van der Waals surface area contributed by atoms with Crippen LogP contribution in [0, 0.1) is 23.7 Å². The minimum absolute atomic E-state index is 0. The molecule has 14 atom stereocenters. The van der Waals surface area contributed by atoms with Gasteiger partial charge < -0.3 is 58.6 Å². The Morgan fingerprint density at radius 1 is 0.524 bits per heavy atom. The summed E-state index contributed by atoms with van der Waals surface area (Å²) in [5, 5.41) is 50.7. The fraction of sp³-hybridized carbons (Fsp3) is 0.520. The van der Waals surface area contributed by atoms with Crippen LogP contribution in [0.3, 0.4) is 0 Å². The minimum atomic E-state index is -1.33. The first kappa shape index (κ1) is 37.8. The fourth-order valence-corrected chi connectivity index (χ4v) is 19.3. The third kappa shape index (κ3) is 3.08. The van der Waals surface area contributed by atoms with E-state index in [1.54, 1.807) is 52.7 Å². The second-order valence-corrected chi connectivity index (χ2v) is 20.6. The molecule has 5 fully saturated rings. The smallest absolute Gasteiger partial charge is 0.166 e. The first-order chi connectivity index (χ1) is 30.0. The summed E-state index contributed by atoms with van der Waals surface area (Å²) in [4.78, 5) is 5.01. The topological polar surface area (TPSA) is 143 Å². The zero-order valence-electron chi connectivity index (χ0n) is 36.0. The number of ether oxygens (including phenoxy) is 6. The maximum atomic E-state index is 12.8. The maximum absolute atomic E-state index is 12.8. The molecule has 63 heavy (non-hydrogen) atoms. The van der Waals surface area contributed by atoms with E-state index in [-0.39, 0.29) is 71.2 Å². The number of phenolic OH excluding ortho intramolecular Hbond substituents is 4. The van der Waals surface area contributed by atoms with Crippen LogP contribution in [0.4, 0.5) is 0 Å². The largest absolute Gasteiger partial charge is 0.508 e. The summed E-state index contributed by atoms with van der Waals surface area (Å²) in [6, 6.07) is 14.8. The Morgan fingerprint density at radius 2 is 0.905 bits per heavy atom. The molecule has 2 saturated heterocycles. The Bertz CT molecular complexity index is 2650. The quantitative estimate of drug-likeness (QED) is 0.199. The van der Waals surface area contributed by atoms with Gasteiger partial charge in [-0.1, -0.05) is 12.1 Å². The molecular weight excluding hydrogens is 824 g/mol. The molecule has 9 aliphatic carbocycles. The highest BCUT2D eigenvalue weighted by Gasteiger charge is 2.98. The molecule has 0 aromatic heterocycles. The number of piperidine rings is 2. The summed E-state index contributed by atoms with van der Waals surface area (Å²) >= 11 is 0. The molecule has 3 saturated carbocycles. The Balaban J connectivity index is 0.00000385. The van der Waals surface area contributed by atoms with Crippen molar-refractivity contribution in [3.05, 3.63) is 93.0 Å². The van der Waals surface area contributed by atoms with Gasteiger partial charge in [0.05, 0.1) is 25.0 Å². The molecule has 8 bridgehead atoms. The molecule has 328 valence electrons. The normalized spacial score (nSPS) is 43.1. The lowest BCUT2D eigenvalue weighted by Gasteiger charge is -2.89. The first-order valence-electron chi connectivity index (χ1n) is 22.4. The van der Waals surface area contributed by atoms with Gasteiger partial charge in [-0.15, -0.1) is 12.4 Å². The van der Waals surface area contributed by atoms with E-state index in [4.69, 9.17) is 28.4 Å². The number of hydrogen-bond donors (Lipinski definition) is 4. The van der Waals surface area contributed by atoms with E-state index in [1.165, 1.54) is 11.1 Å². The fourth-order valence-electron chi connectivity index (χ4n) is 19.3. The highest BCUT2D eigenvalue weighted by molar-refractivity contribution is 5.85. The molecule has 17 rings (SSSR count). The van der Waals surface area contributed by atoms with E-state index in [2.05, 4.69) is 36.0 Å². The molecule has 4 unspecified atom stereocenters. The number of benzene rings is 4. The van der Waals surface area contributed by atoms with Crippen molar-refractivity contribution in [3.63, 3.8) is 0 Å². The van der Waals surface area contributed by atoms with E-state index >= 15 is 0 Å². The first-order valence-corrected chi connectivity index (χ1v) is 22.4. The van der Waals surface area contributed by atoms with Gasteiger partial charge in [-0.3, -0.25) is 0 Å². The molecule has 0 amide bonds. The number of phenols is 4. The van der Waals surface area contributed by atoms with Crippen molar-refractivity contribution in [2.45, 2.75) is 82.8 Å². The van der Waals surface area contributed by atoms with Crippen LogP contribution >= 0.6 is 12.4 Å². The standard InChI is InChI=1S/C50H50N2O10.ClH/c1-51-17-15-45-31-21-7-13-27(57-3)41(31)61-43(45)49(59-5)35-25(55)11-9-23(53)33(35)47(45,29(51)19-21)37-38-40(39(37)49)50(60-6)36-26(56)12-10-24(54)34(36)48(38)30-20-22-8-14-28(58-4)42-32(22)46(48,44(50)62-42)16-18-52(30)2;/h7-14,29-30,37-40,43-44,53-56H,15-20H2,1-6H3;1H/t29-,30-,37?,38?,39?,40?,43-,44-,45+,46+,47+,48+,49-,50+;/m1./s1. The average molecular weight is 875 g/mol. The van der Waals surface area contributed by atoms with Gasteiger partial charge in [-0.05, 0) is 112 Å². The molecule has 0 radical (unpaired) electrons. The van der Waals surface area contributed by atoms with Crippen LogP contribution in [0.1, 0.15) is 57.3 Å². The van der Waals surface area contributed by atoms with Crippen molar-refractivity contribution in [1.29, 1.82) is 0 Å². The molecule has 4 spiro atoms. The van der Waals surface area contributed by atoms with E-state index in [0.29, 0.717) is 35.5 Å². The number of methoxy groups -OCH3 is 4. The van der Waals surface area contributed by atoms with Crippen LogP contribution in [-0.4, -0.2) is 110 Å². The van der Waals surface area contributed by atoms with Gasteiger partial charge in [0.1, 0.15) is 46.4 Å². The molecule has 4 aromatic carbocycles. The molecular formula is C50H51ClN2O10. The van der Waals surface area contributed by atoms with Crippen molar-refractivity contribution in [2.24, 2.45) is 23.7 Å². The number of nitrogens with zero attached hydrogens (tertiary/aromatic N) is 2. The molecule has 12 nitrogen and oxygen atoms in total. The molecule has 4 aromatic rings. The highest BCUT2D eigenvalue weighted by Crippen LogP contribution is 2.93. The Kier molecular flexibility index (Phi) is 6.54. The van der Waals surface area contributed by atoms with Gasteiger partial charge in [-0.2, -0.15) is 0 Å².